The average Bonchev–Trinajstić information content (AvgIpc) is 2.67. The van der Waals surface area contributed by atoms with Crippen molar-refractivity contribution in [3.8, 4) is 0 Å². The predicted molar refractivity (Wildman–Crippen MR) is 118 cm³/mol. The minimum atomic E-state index is -0.555. The van der Waals surface area contributed by atoms with Crippen LogP contribution in [0.3, 0.4) is 0 Å². The molecule has 0 aliphatic heterocycles. The van der Waals surface area contributed by atoms with Gasteiger partial charge in [0, 0.05) is 26.8 Å². The molecule has 0 fully saturated rings. The molecule has 0 aliphatic carbocycles. The molecule has 2 aromatic carbocycles. The highest BCUT2D eigenvalue weighted by Gasteiger charge is 2.24. The minimum absolute atomic E-state index is 0.000194. The number of benzene rings is 2. The molecule has 0 amide bonds. The zero-order chi connectivity index (χ0) is 21.3. The van der Waals surface area contributed by atoms with Crippen LogP contribution in [0.5, 0.6) is 0 Å². The van der Waals surface area contributed by atoms with Gasteiger partial charge in [0.2, 0.25) is 11.6 Å². The number of anilines is 4. The third-order valence-electron chi connectivity index (χ3n) is 4.24. The summed E-state index contributed by atoms with van der Waals surface area (Å²) in [6.45, 7) is 1.88. The summed E-state index contributed by atoms with van der Waals surface area (Å²) in [6.07, 6.45) is 1.23. The number of nitrogens with one attached hydrogen (secondary N) is 2. The van der Waals surface area contributed by atoms with Gasteiger partial charge in [0.15, 0.2) is 0 Å². The lowest BCUT2D eigenvalue weighted by molar-refractivity contribution is -0.383. The highest BCUT2D eigenvalue weighted by Crippen LogP contribution is 2.35. The van der Waals surface area contributed by atoms with Crippen LogP contribution in [0.25, 0.3) is 10.9 Å². The van der Waals surface area contributed by atoms with Crippen molar-refractivity contribution in [2.45, 2.75) is 6.92 Å². The van der Waals surface area contributed by atoms with Gasteiger partial charge in [-0.15, -0.1) is 0 Å². The van der Waals surface area contributed by atoms with Crippen molar-refractivity contribution in [3.63, 3.8) is 0 Å². The first-order valence-corrected chi connectivity index (χ1v) is 9.52. The molecule has 0 aliphatic rings. The molecule has 0 saturated heterocycles. The quantitative estimate of drug-likeness (QED) is 0.287. The predicted octanol–water partition coefficient (Wildman–Crippen LogP) is 6.04. The number of nitro groups is 1. The molecule has 8 nitrogen and oxygen atoms in total. The lowest BCUT2D eigenvalue weighted by Gasteiger charge is -2.12. The van der Waals surface area contributed by atoms with E-state index in [1.807, 2.05) is 31.2 Å². The fourth-order valence-corrected chi connectivity index (χ4v) is 3.50. The molecule has 30 heavy (non-hydrogen) atoms. The normalized spacial score (nSPS) is 10.8. The number of fused-ring (bicyclic) bond motifs is 1. The third kappa shape index (κ3) is 4.10. The van der Waals surface area contributed by atoms with Crippen molar-refractivity contribution < 1.29 is 4.92 Å². The summed E-state index contributed by atoms with van der Waals surface area (Å²) in [5.74, 6) is 0.0293. The average molecular weight is 441 g/mol. The molecule has 0 bridgehead atoms. The van der Waals surface area contributed by atoms with E-state index in [2.05, 4.69) is 25.6 Å². The van der Waals surface area contributed by atoms with E-state index in [0.29, 0.717) is 26.9 Å². The molecule has 150 valence electrons. The van der Waals surface area contributed by atoms with Crippen LogP contribution in [0, 0.1) is 17.0 Å². The first-order chi connectivity index (χ1) is 14.4. The van der Waals surface area contributed by atoms with Gasteiger partial charge in [-0.05, 0) is 37.3 Å². The van der Waals surface area contributed by atoms with Crippen molar-refractivity contribution in [1.29, 1.82) is 0 Å². The Balaban J connectivity index is 1.77. The van der Waals surface area contributed by atoms with E-state index in [9.17, 15) is 10.1 Å². The van der Waals surface area contributed by atoms with E-state index in [4.69, 9.17) is 23.2 Å². The SMILES string of the molecule is Cc1ccc2cccc(Nc3ncnc(Nc4cc(Cl)cc(Cl)c4)c3[N+](=O)[O-])c2n1. The molecule has 10 heteroatoms. The van der Waals surface area contributed by atoms with Crippen LogP contribution in [0.1, 0.15) is 5.69 Å². The summed E-state index contributed by atoms with van der Waals surface area (Å²) in [7, 11) is 0. The van der Waals surface area contributed by atoms with Crippen LogP contribution >= 0.6 is 23.2 Å². The molecule has 2 N–H and O–H groups in total. The van der Waals surface area contributed by atoms with Crippen LogP contribution in [-0.4, -0.2) is 19.9 Å². The third-order valence-corrected chi connectivity index (χ3v) is 4.68. The molecular weight excluding hydrogens is 427 g/mol. The maximum atomic E-state index is 11.9. The van der Waals surface area contributed by atoms with Crippen molar-refractivity contribution in [3.05, 3.63) is 80.7 Å². The standard InChI is InChI=1S/C20H14Cl2N6O2/c1-11-5-6-12-3-2-4-16(17(12)25-11)27-20-18(28(29)30)19(23-10-24-20)26-15-8-13(21)7-14(22)9-15/h2-10H,1H3,(H2,23,24,26,27). The van der Waals surface area contributed by atoms with Crippen LogP contribution in [-0.2, 0) is 0 Å². The number of aryl methyl sites for hydroxylation is 1. The number of rotatable bonds is 5. The number of aromatic nitrogens is 3. The zero-order valence-electron chi connectivity index (χ0n) is 15.6. The largest absolute Gasteiger partial charge is 0.353 e. The summed E-state index contributed by atoms with van der Waals surface area (Å²) >= 11 is 12.0. The Morgan fingerprint density at radius 1 is 0.967 bits per heavy atom. The highest BCUT2D eigenvalue weighted by molar-refractivity contribution is 6.35. The zero-order valence-corrected chi connectivity index (χ0v) is 17.1. The van der Waals surface area contributed by atoms with Crippen molar-refractivity contribution in [1.82, 2.24) is 15.0 Å². The van der Waals surface area contributed by atoms with Gasteiger partial charge >= 0.3 is 5.69 Å². The van der Waals surface area contributed by atoms with E-state index in [1.54, 1.807) is 24.3 Å². The first kappa shape index (κ1) is 19.8. The Labute approximate surface area is 181 Å². The summed E-state index contributed by atoms with van der Waals surface area (Å²) in [4.78, 5) is 23.9. The number of halogens is 2. The number of hydrogen-bond acceptors (Lipinski definition) is 7. The molecule has 2 aromatic heterocycles. The summed E-state index contributed by atoms with van der Waals surface area (Å²) in [5.41, 5.74) is 2.24. The second-order valence-electron chi connectivity index (χ2n) is 6.41. The molecule has 2 heterocycles. The van der Waals surface area contributed by atoms with Crippen LogP contribution < -0.4 is 10.6 Å². The maximum absolute atomic E-state index is 11.9. The number of nitrogens with zero attached hydrogens (tertiary/aromatic N) is 4. The topological polar surface area (TPSA) is 106 Å². The summed E-state index contributed by atoms with van der Waals surface area (Å²) in [6, 6.07) is 14.1. The van der Waals surface area contributed by atoms with Crippen LogP contribution in [0.15, 0.2) is 54.9 Å². The highest BCUT2D eigenvalue weighted by atomic mass is 35.5. The number of pyridine rings is 1. The van der Waals surface area contributed by atoms with Crippen LogP contribution in [0.4, 0.5) is 28.7 Å². The maximum Gasteiger partial charge on any atom is 0.353 e. The Hall–Kier alpha value is -3.49. The van der Waals surface area contributed by atoms with E-state index < -0.39 is 4.92 Å². The van der Waals surface area contributed by atoms with Gasteiger partial charge in [-0.3, -0.25) is 15.1 Å². The molecule has 0 atom stereocenters. The van der Waals surface area contributed by atoms with Gasteiger partial charge in [-0.2, -0.15) is 0 Å². The van der Waals surface area contributed by atoms with Gasteiger partial charge < -0.3 is 10.6 Å². The second-order valence-corrected chi connectivity index (χ2v) is 7.29. The Kier molecular flexibility index (Phi) is 5.35. The number of para-hydroxylation sites is 1. The fourth-order valence-electron chi connectivity index (χ4n) is 2.97. The smallest absolute Gasteiger partial charge is 0.334 e. The van der Waals surface area contributed by atoms with E-state index >= 15 is 0 Å². The summed E-state index contributed by atoms with van der Waals surface area (Å²) in [5, 5.41) is 19.4. The Morgan fingerprint density at radius 2 is 1.67 bits per heavy atom. The lowest BCUT2D eigenvalue weighted by Crippen LogP contribution is -2.06. The van der Waals surface area contributed by atoms with Crippen molar-refractivity contribution >= 4 is 62.8 Å². The minimum Gasteiger partial charge on any atom is -0.334 e. The Bertz CT molecular complexity index is 1260. The molecule has 0 spiro atoms. The second kappa shape index (κ2) is 8.10. The molecular formula is C20H14Cl2N6O2. The first-order valence-electron chi connectivity index (χ1n) is 8.76. The van der Waals surface area contributed by atoms with Crippen molar-refractivity contribution in [2.75, 3.05) is 10.6 Å². The molecule has 0 saturated carbocycles. The molecule has 0 unspecified atom stereocenters. The number of hydrogen-bond donors (Lipinski definition) is 2. The van der Waals surface area contributed by atoms with E-state index in [0.717, 1.165) is 11.1 Å². The lowest BCUT2D eigenvalue weighted by atomic mass is 10.1. The van der Waals surface area contributed by atoms with Crippen molar-refractivity contribution in [2.24, 2.45) is 0 Å². The van der Waals surface area contributed by atoms with Crippen LogP contribution in [0.2, 0.25) is 10.0 Å². The van der Waals surface area contributed by atoms with Gasteiger partial charge in [-0.25, -0.2) is 9.97 Å². The van der Waals surface area contributed by atoms with E-state index in [-0.39, 0.29) is 17.3 Å². The van der Waals surface area contributed by atoms with E-state index in [1.165, 1.54) is 6.33 Å². The molecule has 0 radical (unpaired) electrons. The summed E-state index contributed by atoms with van der Waals surface area (Å²) < 4.78 is 0. The van der Waals surface area contributed by atoms with Gasteiger partial charge in [0.25, 0.3) is 0 Å². The monoisotopic (exact) mass is 440 g/mol. The molecule has 4 rings (SSSR count). The molecule has 4 aromatic rings. The van der Waals surface area contributed by atoms with Gasteiger partial charge in [0.1, 0.15) is 6.33 Å². The van der Waals surface area contributed by atoms with Gasteiger partial charge in [0.05, 0.1) is 16.1 Å². The van der Waals surface area contributed by atoms with Gasteiger partial charge in [-0.1, -0.05) is 41.4 Å². The Morgan fingerprint density at radius 3 is 2.37 bits per heavy atom. The fraction of sp³-hybridized carbons (Fsp3) is 0.0500.